The molecule has 0 saturated heterocycles. The lowest BCUT2D eigenvalue weighted by molar-refractivity contribution is 0.636. The third-order valence-electron chi connectivity index (χ3n) is 3.44. The second kappa shape index (κ2) is 7.16. The summed E-state index contributed by atoms with van der Waals surface area (Å²) in [6.07, 6.45) is 2.92. The van der Waals surface area contributed by atoms with Crippen LogP contribution in [-0.2, 0) is 26.4 Å². The van der Waals surface area contributed by atoms with Gasteiger partial charge in [-0.3, -0.25) is 4.68 Å². The number of hydrogen-bond donors (Lipinski definition) is 2. The molecule has 0 aromatic carbocycles. The lowest BCUT2D eigenvalue weighted by atomic mass is 10.1. The van der Waals surface area contributed by atoms with Crippen molar-refractivity contribution >= 4 is 5.96 Å². The SMILES string of the molecule is CCc1nn(C)c(CC)c1CN=C(N)NC(C)CC. The van der Waals surface area contributed by atoms with Crippen LogP contribution in [0.15, 0.2) is 4.99 Å². The van der Waals surface area contributed by atoms with Crippen molar-refractivity contribution in [1.82, 2.24) is 15.1 Å². The number of nitrogens with one attached hydrogen (secondary N) is 1. The third kappa shape index (κ3) is 3.98. The third-order valence-corrected chi connectivity index (χ3v) is 3.44. The fourth-order valence-electron chi connectivity index (χ4n) is 2.14. The predicted octanol–water partition coefficient (Wildman–Crippen LogP) is 1.75. The lowest BCUT2D eigenvalue weighted by Crippen LogP contribution is -2.38. The molecule has 0 spiro atoms. The summed E-state index contributed by atoms with van der Waals surface area (Å²) in [5.41, 5.74) is 9.49. The number of nitrogens with two attached hydrogens (primary N) is 1. The number of rotatable bonds is 6. The van der Waals surface area contributed by atoms with E-state index in [1.54, 1.807) is 0 Å². The molecule has 1 aromatic rings. The van der Waals surface area contributed by atoms with E-state index in [2.05, 4.69) is 43.1 Å². The molecule has 0 saturated carbocycles. The van der Waals surface area contributed by atoms with E-state index in [-0.39, 0.29) is 0 Å². The highest BCUT2D eigenvalue weighted by Gasteiger charge is 2.13. The first-order valence-electron chi connectivity index (χ1n) is 7.13. The Morgan fingerprint density at radius 1 is 1.37 bits per heavy atom. The second-order valence-corrected chi connectivity index (χ2v) is 4.86. The van der Waals surface area contributed by atoms with Crippen molar-refractivity contribution in [1.29, 1.82) is 0 Å². The summed E-state index contributed by atoms with van der Waals surface area (Å²) >= 11 is 0. The van der Waals surface area contributed by atoms with E-state index in [1.807, 2.05) is 11.7 Å². The van der Waals surface area contributed by atoms with Crippen LogP contribution in [0.25, 0.3) is 0 Å². The van der Waals surface area contributed by atoms with Crippen molar-refractivity contribution in [2.45, 2.75) is 59.5 Å². The molecule has 1 heterocycles. The van der Waals surface area contributed by atoms with Gasteiger partial charge in [-0.1, -0.05) is 20.8 Å². The van der Waals surface area contributed by atoms with E-state index in [0.717, 1.165) is 25.0 Å². The maximum absolute atomic E-state index is 5.90. The number of aryl methyl sites for hydroxylation is 2. The molecule has 0 aliphatic carbocycles. The van der Waals surface area contributed by atoms with Crippen LogP contribution < -0.4 is 11.1 Å². The van der Waals surface area contributed by atoms with Crippen LogP contribution in [0.1, 0.15) is 51.1 Å². The van der Waals surface area contributed by atoms with E-state index < -0.39 is 0 Å². The van der Waals surface area contributed by atoms with Crippen LogP contribution in [0.2, 0.25) is 0 Å². The van der Waals surface area contributed by atoms with Crippen LogP contribution in [0.5, 0.6) is 0 Å². The highest BCUT2D eigenvalue weighted by atomic mass is 15.3. The van der Waals surface area contributed by atoms with Gasteiger partial charge in [-0.25, -0.2) is 4.99 Å². The summed E-state index contributed by atoms with van der Waals surface area (Å²) in [4.78, 5) is 4.44. The molecule has 1 atom stereocenters. The van der Waals surface area contributed by atoms with Crippen LogP contribution in [0.4, 0.5) is 0 Å². The van der Waals surface area contributed by atoms with Crippen molar-refractivity contribution in [2.75, 3.05) is 0 Å². The fraction of sp³-hybridized carbons (Fsp3) is 0.714. The van der Waals surface area contributed by atoms with Crippen LogP contribution in [-0.4, -0.2) is 21.8 Å². The number of nitrogens with zero attached hydrogens (tertiary/aromatic N) is 3. The second-order valence-electron chi connectivity index (χ2n) is 4.86. The molecule has 5 heteroatoms. The van der Waals surface area contributed by atoms with Crippen LogP contribution >= 0.6 is 0 Å². The Morgan fingerprint density at radius 2 is 2.05 bits per heavy atom. The van der Waals surface area contributed by atoms with E-state index in [9.17, 15) is 0 Å². The Kier molecular flexibility index (Phi) is 5.86. The average Bonchev–Trinajstić information content (AvgIpc) is 2.71. The number of aliphatic imine (C=N–C) groups is 1. The Hall–Kier alpha value is -1.52. The summed E-state index contributed by atoms with van der Waals surface area (Å²) in [7, 11) is 1.99. The van der Waals surface area contributed by atoms with E-state index >= 15 is 0 Å². The molecule has 3 N–H and O–H groups in total. The van der Waals surface area contributed by atoms with Gasteiger partial charge in [0.25, 0.3) is 0 Å². The van der Waals surface area contributed by atoms with Gasteiger partial charge in [0, 0.05) is 24.3 Å². The molecular weight excluding hydrogens is 238 g/mol. The fourth-order valence-corrected chi connectivity index (χ4v) is 2.14. The Bertz CT molecular complexity index is 433. The summed E-state index contributed by atoms with van der Waals surface area (Å²) in [5, 5.41) is 7.72. The molecule has 5 nitrogen and oxygen atoms in total. The zero-order valence-corrected chi connectivity index (χ0v) is 12.8. The summed E-state index contributed by atoms with van der Waals surface area (Å²) < 4.78 is 1.96. The quantitative estimate of drug-likeness (QED) is 0.608. The van der Waals surface area contributed by atoms with Gasteiger partial charge in [-0.2, -0.15) is 5.10 Å². The predicted molar refractivity (Wildman–Crippen MR) is 80.2 cm³/mol. The molecule has 19 heavy (non-hydrogen) atoms. The van der Waals surface area contributed by atoms with Crippen LogP contribution in [0.3, 0.4) is 0 Å². The Labute approximate surface area is 116 Å². The number of hydrogen-bond acceptors (Lipinski definition) is 2. The molecule has 0 fully saturated rings. The zero-order chi connectivity index (χ0) is 14.4. The first kappa shape index (κ1) is 15.5. The smallest absolute Gasteiger partial charge is 0.189 e. The first-order valence-corrected chi connectivity index (χ1v) is 7.13. The van der Waals surface area contributed by atoms with E-state index in [1.165, 1.54) is 11.3 Å². The minimum atomic E-state index is 0.355. The molecule has 108 valence electrons. The summed E-state index contributed by atoms with van der Waals surface area (Å²) in [6.45, 7) is 9.09. The monoisotopic (exact) mass is 265 g/mol. The van der Waals surface area contributed by atoms with Gasteiger partial charge in [0.15, 0.2) is 5.96 Å². The van der Waals surface area contributed by atoms with Gasteiger partial charge in [0.2, 0.25) is 0 Å². The van der Waals surface area contributed by atoms with Gasteiger partial charge >= 0.3 is 0 Å². The number of guanidine groups is 1. The van der Waals surface area contributed by atoms with Crippen molar-refractivity contribution in [3.05, 3.63) is 17.0 Å². The molecule has 0 radical (unpaired) electrons. The highest BCUT2D eigenvalue weighted by molar-refractivity contribution is 5.78. The zero-order valence-electron chi connectivity index (χ0n) is 12.8. The van der Waals surface area contributed by atoms with E-state index in [4.69, 9.17) is 5.73 Å². The molecule has 1 aromatic heterocycles. The average molecular weight is 265 g/mol. The molecular formula is C14H27N5. The standard InChI is InChI=1S/C14H27N5/c1-6-10(4)17-14(15)16-9-11-12(7-2)18-19(5)13(11)8-3/h10H,6-9H2,1-5H3,(H3,15,16,17). The molecule has 1 rings (SSSR count). The van der Waals surface area contributed by atoms with Gasteiger partial charge < -0.3 is 11.1 Å². The first-order chi connectivity index (χ1) is 9.03. The molecule has 0 amide bonds. The molecule has 1 unspecified atom stereocenters. The molecule has 0 aliphatic heterocycles. The maximum atomic E-state index is 5.90. The lowest BCUT2D eigenvalue weighted by Gasteiger charge is -2.11. The van der Waals surface area contributed by atoms with Crippen molar-refractivity contribution in [3.8, 4) is 0 Å². The summed E-state index contributed by atoms with van der Waals surface area (Å²) in [5.74, 6) is 0.516. The largest absolute Gasteiger partial charge is 0.370 e. The van der Waals surface area contributed by atoms with Gasteiger partial charge in [-0.15, -0.1) is 0 Å². The van der Waals surface area contributed by atoms with Crippen molar-refractivity contribution < 1.29 is 0 Å². The molecule has 0 aliphatic rings. The van der Waals surface area contributed by atoms with Gasteiger partial charge in [-0.05, 0) is 26.2 Å². The van der Waals surface area contributed by atoms with Crippen molar-refractivity contribution in [2.24, 2.45) is 17.8 Å². The minimum Gasteiger partial charge on any atom is -0.370 e. The number of aromatic nitrogens is 2. The minimum absolute atomic E-state index is 0.355. The summed E-state index contributed by atoms with van der Waals surface area (Å²) in [6, 6.07) is 0.355. The van der Waals surface area contributed by atoms with Crippen LogP contribution in [0, 0.1) is 0 Å². The van der Waals surface area contributed by atoms with Gasteiger partial charge in [0.05, 0.1) is 12.2 Å². The molecule has 0 bridgehead atoms. The Balaban J connectivity index is 2.84. The Morgan fingerprint density at radius 3 is 2.58 bits per heavy atom. The van der Waals surface area contributed by atoms with E-state index in [0.29, 0.717) is 18.5 Å². The topological polar surface area (TPSA) is 68.2 Å². The van der Waals surface area contributed by atoms with Crippen molar-refractivity contribution in [3.63, 3.8) is 0 Å². The maximum Gasteiger partial charge on any atom is 0.189 e. The van der Waals surface area contributed by atoms with Gasteiger partial charge in [0.1, 0.15) is 0 Å². The highest BCUT2D eigenvalue weighted by Crippen LogP contribution is 2.16. The normalized spacial score (nSPS) is 13.6.